The third kappa shape index (κ3) is 3.93. The molecule has 27 heavy (non-hydrogen) atoms. The summed E-state index contributed by atoms with van der Waals surface area (Å²) in [6, 6.07) is 15.7. The quantitative estimate of drug-likeness (QED) is 0.740. The van der Waals surface area contributed by atoms with Crippen molar-refractivity contribution in [3.8, 4) is 11.1 Å². The summed E-state index contributed by atoms with van der Waals surface area (Å²) < 4.78 is 0. The average molecular weight is 363 g/mol. The third-order valence-corrected chi connectivity index (χ3v) is 6.27. The van der Waals surface area contributed by atoms with Crippen LogP contribution in [-0.2, 0) is 17.6 Å². The Balaban J connectivity index is 1.33. The molecular weight excluding hydrogens is 332 g/mol. The van der Waals surface area contributed by atoms with Gasteiger partial charge in [0.2, 0.25) is 5.91 Å². The number of nitrogens with two attached hydrogens (primary N) is 1. The molecule has 0 saturated carbocycles. The number of aryl methyl sites for hydroxylation is 1. The topological polar surface area (TPSA) is 46.3 Å². The molecule has 0 aromatic heterocycles. The fourth-order valence-corrected chi connectivity index (χ4v) is 4.59. The van der Waals surface area contributed by atoms with E-state index in [9.17, 15) is 4.79 Å². The molecule has 2 aliphatic rings. The Morgan fingerprint density at radius 1 is 1.19 bits per heavy atom. The largest absolute Gasteiger partial charge is 0.342 e. The van der Waals surface area contributed by atoms with Crippen molar-refractivity contribution >= 4 is 5.91 Å². The van der Waals surface area contributed by atoms with E-state index < -0.39 is 0 Å². The molecule has 2 atom stereocenters. The van der Waals surface area contributed by atoms with Gasteiger partial charge < -0.3 is 10.6 Å². The van der Waals surface area contributed by atoms with Crippen LogP contribution in [0.25, 0.3) is 11.1 Å². The minimum Gasteiger partial charge on any atom is -0.342 e. The predicted molar refractivity (Wildman–Crippen MR) is 111 cm³/mol. The van der Waals surface area contributed by atoms with Crippen molar-refractivity contribution in [1.82, 2.24) is 4.90 Å². The highest BCUT2D eigenvalue weighted by Crippen LogP contribution is 2.37. The average Bonchev–Trinajstić information content (AvgIpc) is 3.06. The van der Waals surface area contributed by atoms with Gasteiger partial charge in [-0.15, -0.1) is 0 Å². The highest BCUT2D eigenvalue weighted by molar-refractivity contribution is 5.77. The Labute approximate surface area is 162 Å². The molecule has 1 fully saturated rings. The number of amides is 1. The van der Waals surface area contributed by atoms with Gasteiger partial charge in [-0.05, 0) is 72.8 Å². The summed E-state index contributed by atoms with van der Waals surface area (Å²) in [6.45, 7) is 3.80. The number of fused-ring (bicyclic) bond motifs is 3. The summed E-state index contributed by atoms with van der Waals surface area (Å²) in [6.07, 6.45) is 5.80. The fraction of sp³-hybridized carbons (Fsp3) is 0.458. The second-order valence-electron chi connectivity index (χ2n) is 8.28. The zero-order chi connectivity index (χ0) is 18.8. The van der Waals surface area contributed by atoms with E-state index in [0.717, 1.165) is 45.2 Å². The van der Waals surface area contributed by atoms with Gasteiger partial charge in [0.15, 0.2) is 0 Å². The van der Waals surface area contributed by atoms with Gasteiger partial charge in [0.25, 0.3) is 0 Å². The molecule has 1 aliphatic carbocycles. The van der Waals surface area contributed by atoms with E-state index in [2.05, 4.69) is 49.4 Å². The van der Waals surface area contributed by atoms with E-state index in [-0.39, 0.29) is 6.04 Å². The molecule has 2 aromatic rings. The molecule has 2 aromatic carbocycles. The van der Waals surface area contributed by atoms with Crippen LogP contribution in [0.15, 0.2) is 42.5 Å². The normalized spacial score (nSPS) is 19.5. The molecule has 1 amide bonds. The van der Waals surface area contributed by atoms with Gasteiger partial charge in [0.1, 0.15) is 0 Å². The van der Waals surface area contributed by atoms with E-state index in [4.69, 9.17) is 5.73 Å². The van der Waals surface area contributed by atoms with Gasteiger partial charge in [0.05, 0.1) is 0 Å². The summed E-state index contributed by atoms with van der Waals surface area (Å²) in [4.78, 5) is 14.6. The van der Waals surface area contributed by atoms with Crippen molar-refractivity contribution in [2.24, 2.45) is 11.7 Å². The highest BCUT2D eigenvalue weighted by atomic mass is 16.2. The Hall–Kier alpha value is -2.13. The monoisotopic (exact) mass is 362 g/mol. The Bertz CT molecular complexity index is 827. The molecule has 1 saturated heterocycles. The summed E-state index contributed by atoms with van der Waals surface area (Å²) in [5.41, 5.74) is 13.0. The molecule has 142 valence electrons. The minimum absolute atomic E-state index is 0.176. The van der Waals surface area contributed by atoms with Crippen LogP contribution in [0.4, 0.5) is 0 Å². The van der Waals surface area contributed by atoms with Gasteiger partial charge >= 0.3 is 0 Å². The maximum absolute atomic E-state index is 12.6. The van der Waals surface area contributed by atoms with Crippen molar-refractivity contribution in [3.05, 3.63) is 59.2 Å². The molecule has 1 heterocycles. The van der Waals surface area contributed by atoms with Gasteiger partial charge in [-0.25, -0.2) is 0 Å². The zero-order valence-electron chi connectivity index (χ0n) is 16.3. The molecule has 2 N–H and O–H groups in total. The van der Waals surface area contributed by atoms with Crippen LogP contribution < -0.4 is 5.73 Å². The lowest BCUT2D eigenvalue weighted by Gasteiger charge is -2.34. The summed E-state index contributed by atoms with van der Waals surface area (Å²) in [5.74, 6) is 0.756. The van der Waals surface area contributed by atoms with Gasteiger partial charge in [-0.1, -0.05) is 42.5 Å². The van der Waals surface area contributed by atoms with Crippen molar-refractivity contribution in [3.63, 3.8) is 0 Å². The van der Waals surface area contributed by atoms with E-state index in [1.165, 1.54) is 27.8 Å². The van der Waals surface area contributed by atoms with Crippen molar-refractivity contribution in [2.45, 2.75) is 51.5 Å². The molecule has 4 rings (SSSR count). The maximum atomic E-state index is 12.6. The van der Waals surface area contributed by atoms with Crippen LogP contribution in [0.2, 0.25) is 0 Å². The number of carbonyl (C=O) groups excluding carboxylic acids is 1. The molecule has 0 radical (unpaired) electrons. The first-order chi connectivity index (χ1) is 13.1. The van der Waals surface area contributed by atoms with Crippen LogP contribution in [0.1, 0.15) is 49.3 Å². The van der Waals surface area contributed by atoms with E-state index in [0.29, 0.717) is 18.2 Å². The fourth-order valence-electron chi connectivity index (χ4n) is 4.59. The Morgan fingerprint density at radius 3 is 2.85 bits per heavy atom. The minimum atomic E-state index is 0.176. The van der Waals surface area contributed by atoms with Crippen LogP contribution in [0.5, 0.6) is 0 Å². The van der Waals surface area contributed by atoms with E-state index in [1.807, 2.05) is 4.90 Å². The Kier molecular flexibility index (Phi) is 5.31. The molecule has 1 aliphatic heterocycles. The molecule has 0 bridgehead atoms. The summed E-state index contributed by atoms with van der Waals surface area (Å²) >= 11 is 0. The number of benzene rings is 2. The Morgan fingerprint density at radius 2 is 2.00 bits per heavy atom. The first kappa shape index (κ1) is 18.2. The standard InChI is InChI=1S/C24H30N2O/c1-17(25)21-8-5-13-26(16-21)24(27)10-4-6-18-11-12-20-15-19-7-2-3-9-22(19)23(20)14-18/h2-3,7,9,11-12,14,17,21H,4-6,8,10,13,15-16,25H2,1H3. The van der Waals surface area contributed by atoms with Crippen molar-refractivity contribution in [1.29, 1.82) is 0 Å². The van der Waals surface area contributed by atoms with Crippen LogP contribution >= 0.6 is 0 Å². The van der Waals surface area contributed by atoms with E-state index >= 15 is 0 Å². The highest BCUT2D eigenvalue weighted by Gasteiger charge is 2.25. The lowest BCUT2D eigenvalue weighted by Crippen LogP contribution is -2.45. The third-order valence-electron chi connectivity index (χ3n) is 6.27. The molecule has 3 heteroatoms. The second kappa shape index (κ2) is 7.85. The molecular formula is C24H30N2O. The first-order valence-electron chi connectivity index (χ1n) is 10.4. The van der Waals surface area contributed by atoms with Gasteiger partial charge in [0, 0.05) is 25.6 Å². The maximum Gasteiger partial charge on any atom is 0.222 e. The number of hydrogen-bond acceptors (Lipinski definition) is 2. The number of likely N-dealkylation sites (tertiary alicyclic amines) is 1. The first-order valence-corrected chi connectivity index (χ1v) is 10.4. The number of carbonyl (C=O) groups is 1. The molecule has 0 spiro atoms. The van der Waals surface area contributed by atoms with Crippen LogP contribution in [-0.4, -0.2) is 29.9 Å². The number of hydrogen-bond donors (Lipinski definition) is 1. The summed E-state index contributed by atoms with van der Waals surface area (Å²) in [7, 11) is 0. The van der Waals surface area contributed by atoms with Crippen LogP contribution in [0, 0.1) is 5.92 Å². The number of rotatable bonds is 5. The molecule has 2 unspecified atom stereocenters. The lowest BCUT2D eigenvalue weighted by molar-refractivity contribution is -0.133. The summed E-state index contributed by atoms with van der Waals surface area (Å²) in [5, 5.41) is 0. The zero-order valence-corrected chi connectivity index (χ0v) is 16.3. The van der Waals surface area contributed by atoms with Gasteiger partial charge in [-0.2, -0.15) is 0 Å². The second-order valence-corrected chi connectivity index (χ2v) is 8.28. The number of nitrogens with zero attached hydrogens (tertiary/aromatic N) is 1. The SMILES string of the molecule is CC(N)C1CCCN(C(=O)CCCc2ccc3c(c2)-c2ccccc2C3)C1. The lowest BCUT2D eigenvalue weighted by atomic mass is 9.92. The van der Waals surface area contributed by atoms with Crippen molar-refractivity contribution < 1.29 is 4.79 Å². The molecule has 3 nitrogen and oxygen atoms in total. The van der Waals surface area contributed by atoms with Crippen molar-refractivity contribution in [2.75, 3.05) is 13.1 Å². The van der Waals surface area contributed by atoms with E-state index in [1.54, 1.807) is 0 Å². The smallest absolute Gasteiger partial charge is 0.222 e. The van der Waals surface area contributed by atoms with Crippen LogP contribution in [0.3, 0.4) is 0 Å². The number of piperidine rings is 1. The predicted octanol–water partition coefficient (Wildman–Crippen LogP) is 4.17. The van der Waals surface area contributed by atoms with Gasteiger partial charge in [-0.3, -0.25) is 4.79 Å².